The first-order valence-electron chi connectivity index (χ1n) is 6.40. The number of aliphatic imine (C=N–C) groups is 1. The lowest BCUT2D eigenvalue weighted by molar-refractivity contribution is -0.132. The van der Waals surface area contributed by atoms with Crippen molar-refractivity contribution in [2.75, 3.05) is 13.1 Å². The Balaban J connectivity index is 0. The summed E-state index contributed by atoms with van der Waals surface area (Å²) in [4.78, 5) is 35.5. The molecule has 0 saturated carbocycles. The molecule has 1 unspecified atom stereocenters. The summed E-state index contributed by atoms with van der Waals surface area (Å²) in [6, 6.07) is -0.795. The first-order valence-corrected chi connectivity index (χ1v) is 8.08. The Kier molecular flexibility index (Phi) is 11.0. The molecule has 1 aliphatic heterocycles. The lowest BCUT2D eigenvalue weighted by atomic mass is 10.1. The van der Waals surface area contributed by atoms with E-state index in [1.165, 1.54) is 4.90 Å². The van der Waals surface area contributed by atoms with Crippen molar-refractivity contribution >= 4 is 44.3 Å². The zero-order chi connectivity index (χ0) is 15.3. The highest BCUT2D eigenvalue weighted by molar-refractivity contribution is 7.52. The van der Waals surface area contributed by atoms with E-state index >= 15 is 0 Å². The minimum absolute atomic E-state index is 0. The molecule has 1 aliphatic rings. The Bertz CT molecular complexity index is 430. The van der Waals surface area contributed by atoms with E-state index < -0.39 is 25.3 Å². The Hall–Kier alpha value is -0.570. The highest BCUT2D eigenvalue weighted by Gasteiger charge is 2.41. The van der Waals surface area contributed by atoms with Crippen LogP contribution in [0.25, 0.3) is 0 Å². The normalized spacial score (nSPS) is 18.9. The van der Waals surface area contributed by atoms with Crippen molar-refractivity contribution < 1.29 is 19.1 Å². The van der Waals surface area contributed by atoms with Crippen LogP contribution in [-0.2, 0) is 9.36 Å². The summed E-state index contributed by atoms with van der Waals surface area (Å²) in [6.07, 6.45) is 1.76. The van der Waals surface area contributed by atoms with Crippen LogP contribution >= 0.6 is 32.4 Å². The first-order chi connectivity index (χ1) is 9.23. The number of nitrogens with two attached hydrogens (primary N) is 3. The zero-order valence-electron chi connectivity index (χ0n) is 12.0. The predicted molar refractivity (Wildman–Crippen MR) is 89.2 cm³/mol. The largest absolute Gasteiger partial charge is 0.370 e. The molecule has 1 heterocycles. The third-order valence-corrected chi connectivity index (χ3v) is 4.49. The van der Waals surface area contributed by atoms with Crippen LogP contribution in [0.4, 0.5) is 0 Å². The molecule has 0 spiro atoms. The van der Waals surface area contributed by atoms with Gasteiger partial charge in [-0.05, 0) is 25.7 Å². The number of carbonyl (C=O) groups is 1. The Morgan fingerprint density at radius 3 is 2.45 bits per heavy atom. The molecule has 8 N–H and O–H groups in total. The van der Waals surface area contributed by atoms with Crippen molar-refractivity contribution in [3.63, 3.8) is 0 Å². The fraction of sp³-hybridized carbons (Fsp3) is 0.800. The average Bonchev–Trinajstić information content (AvgIpc) is 2.82. The maximum atomic E-state index is 12.1. The number of carbonyl (C=O) groups excluding carboxylic acids is 1. The monoisotopic (exact) mass is 379 g/mol. The molecular formula is C10H24Cl2N5O4P. The van der Waals surface area contributed by atoms with Crippen molar-refractivity contribution in [3.05, 3.63) is 0 Å². The Morgan fingerprint density at radius 1 is 1.36 bits per heavy atom. The maximum absolute atomic E-state index is 12.1. The van der Waals surface area contributed by atoms with Gasteiger partial charge in [0.05, 0.1) is 6.04 Å². The van der Waals surface area contributed by atoms with Crippen molar-refractivity contribution in [2.24, 2.45) is 22.2 Å². The topological polar surface area (TPSA) is 168 Å². The number of rotatable bonds is 6. The molecule has 0 bridgehead atoms. The van der Waals surface area contributed by atoms with Crippen molar-refractivity contribution in [2.45, 2.75) is 37.5 Å². The smallest absolute Gasteiger partial charge is 0.347 e. The fourth-order valence-corrected chi connectivity index (χ4v) is 3.32. The number of halogens is 2. The molecule has 2 atom stereocenters. The molecule has 0 radical (unpaired) electrons. The van der Waals surface area contributed by atoms with Crippen LogP contribution in [0.1, 0.15) is 25.7 Å². The average molecular weight is 380 g/mol. The van der Waals surface area contributed by atoms with E-state index in [4.69, 9.17) is 17.2 Å². The number of hydrogen-bond acceptors (Lipinski definition) is 4. The molecule has 9 nitrogen and oxygen atoms in total. The second-order valence-electron chi connectivity index (χ2n) is 4.80. The van der Waals surface area contributed by atoms with Gasteiger partial charge in [0.1, 0.15) is 5.78 Å². The molecule has 0 aromatic rings. The summed E-state index contributed by atoms with van der Waals surface area (Å²) in [7, 11) is -4.31. The second kappa shape index (κ2) is 10.3. The molecule has 0 aromatic heterocycles. The SMILES string of the molecule is Cl.Cl.NC(N)=NCCC[C@H](N)C(=O)N1CCCC1P(=O)(O)O. The number of nitrogens with zero attached hydrogens (tertiary/aromatic N) is 2. The summed E-state index contributed by atoms with van der Waals surface area (Å²) >= 11 is 0. The third kappa shape index (κ3) is 7.13. The highest BCUT2D eigenvalue weighted by Crippen LogP contribution is 2.47. The van der Waals surface area contributed by atoms with Crippen molar-refractivity contribution in [3.8, 4) is 0 Å². The zero-order valence-corrected chi connectivity index (χ0v) is 14.5. The van der Waals surface area contributed by atoms with Gasteiger partial charge in [0.2, 0.25) is 5.91 Å². The Labute approximate surface area is 141 Å². The fourth-order valence-electron chi connectivity index (χ4n) is 2.21. The van der Waals surface area contributed by atoms with Crippen LogP contribution in [0.3, 0.4) is 0 Å². The predicted octanol–water partition coefficient (Wildman–Crippen LogP) is -0.663. The molecule has 12 heteroatoms. The van der Waals surface area contributed by atoms with Crippen molar-refractivity contribution in [1.82, 2.24) is 4.90 Å². The van der Waals surface area contributed by atoms with Gasteiger partial charge in [0.25, 0.3) is 0 Å². The van der Waals surface area contributed by atoms with E-state index in [9.17, 15) is 19.1 Å². The van der Waals surface area contributed by atoms with Gasteiger partial charge in [-0.1, -0.05) is 0 Å². The van der Waals surface area contributed by atoms with Crippen LogP contribution in [-0.4, -0.2) is 51.5 Å². The second-order valence-corrected chi connectivity index (χ2v) is 6.57. The highest BCUT2D eigenvalue weighted by atomic mass is 35.5. The van der Waals surface area contributed by atoms with Gasteiger partial charge < -0.3 is 31.9 Å². The summed E-state index contributed by atoms with van der Waals surface area (Å²) in [5, 5.41) is 0. The van der Waals surface area contributed by atoms with Crippen LogP contribution in [0.15, 0.2) is 4.99 Å². The minimum Gasteiger partial charge on any atom is -0.370 e. The van der Waals surface area contributed by atoms with Crippen LogP contribution in [0.2, 0.25) is 0 Å². The molecule has 1 amide bonds. The number of guanidine groups is 1. The van der Waals surface area contributed by atoms with Crippen molar-refractivity contribution in [1.29, 1.82) is 0 Å². The van der Waals surface area contributed by atoms with Crippen LogP contribution < -0.4 is 17.2 Å². The molecule has 0 aliphatic carbocycles. The van der Waals surface area contributed by atoms with E-state index in [0.717, 1.165) is 0 Å². The minimum atomic E-state index is -4.31. The molecule has 1 rings (SSSR count). The van der Waals surface area contributed by atoms with Gasteiger partial charge in [0, 0.05) is 13.1 Å². The summed E-state index contributed by atoms with van der Waals surface area (Å²) < 4.78 is 11.3. The Morgan fingerprint density at radius 2 is 1.95 bits per heavy atom. The maximum Gasteiger partial charge on any atom is 0.347 e. The lowest BCUT2D eigenvalue weighted by Gasteiger charge is -2.27. The molecule has 22 heavy (non-hydrogen) atoms. The quantitative estimate of drug-likeness (QED) is 0.176. The van der Waals surface area contributed by atoms with Gasteiger partial charge in [-0.15, -0.1) is 24.8 Å². The molecular weight excluding hydrogens is 356 g/mol. The number of amides is 1. The molecule has 0 aromatic carbocycles. The standard InChI is InChI=1S/C10H22N5O4P.2ClH/c11-7(3-1-5-14-10(12)13)9(16)15-6-2-4-8(15)20(17,18)19;;/h7-8H,1-6,11H2,(H4,12,13,14)(H2,17,18,19);2*1H/t7-,8?;;/m0../s1. The van der Waals surface area contributed by atoms with E-state index in [1.807, 2.05) is 0 Å². The molecule has 1 fully saturated rings. The number of likely N-dealkylation sites (tertiary alicyclic amines) is 1. The number of hydrogen-bond donors (Lipinski definition) is 5. The van der Waals surface area contributed by atoms with Gasteiger partial charge in [-0.25, -0.2) is 0 Å². The summed E-state index contributed by atoms with van der Waals surface area (Å²) in [6.45, 7) is 0.696. The van der Waals surface area contributed by atoms with Gasteiger partial charge in [-0.3, -0.25) is 14.4 Å². The van der Waals surface area contributed by atoms with Crippen LogP contribution in [0, 0.1) is 0 Å². The molecule has 1 saturated heterocycles. The first kappa shape index (κ1) is 23.7. The van der Waals surface area contributed by atoms with Gasteiger partial charge in [0.15, 0.2) is 5.96 Å². The van der Waals surface area contributed by atoms with E-state index in [-0.39, 0.29) is 30.8 Å². The van der Waals surface area contributed by atoms with Crippen LogP contribution in [0.5, 0.6) is 0 Å². The van der Waals surface area contributed by atoms with Gasteiger partial charge >= 0.3 is 7.60 Å². The third-order valence-electron chi connectivity index (χ3n) is 3.18. The van der Waals surface area contributed by atoms with E-state index in [1.54, 1.807) is 0 Å². The lowest BCUT2D eigenvalue weighted by Crippen LogP contribution is -2.45. The van der Waals surface area contributed by atoms with E-state index in [0.29, 0.717) is 38.8 Å². The van der Waals surface area contributed by atoms with Gasteiger partial charge in [-0.2, -0.15) is 0 Å². The summed E-state index contributed by atoms with van der Waals surface area (Å²) in [5.74, 6) is -1.50. The summed E-state index contributed by atoms with van der Waals surface area (Å²) in [5.41, 5.74) is 16.1. The molecule has 132 valence electrons. The van der Waals surface area contributed by atoms with E-state index in [2.05, 4.69) is 4.99 Å².